The van der Waals surface area contributed by atoms with Gasteiger partial charge in [-0.25, -0.2) is 14.4 Å². The first-order valence-electron chi connectivity index (χ1n) is 10.3. The molecule has 1 unspecified atom stereocenters. The molecule has 3 aromatic rings. The van der Waals surface area contributed by atoms with Crippen molar-refractivity contribution >= 4 is 22.5 Å². The minimum atomic E-state index is -4.74. The molecular formula is C21H21F4N7. The van der Waals surface area contributed by atoms with Crippen LogP contribution in [0.3, 0.4) is 0 Å². The monoisotopic (exact) mass is 447 g/mol. The Morgan fingerprint density at radius 3 is 2.66 bits per heavy atom. The lowest BCUT2D eigenvalue weighted by atomic mass is 9.93. The van der Waals surface area contributed by atoms with E-state index in [0.29, 0.717) is 16.9 Å². The second-order valence-electron chi connectivity index (χ2n) is 8.10. The molecule has 0 saturated carbocycles. The SMILES string of the molecule is CN1C(c2ccc(F)c(C(F)(F)F)c2)=CNC1C1CCN(c2ncnc3[nH]ncc23)CC1. The average molecular weight is 447 g/mol. The van der Waals surface area contributed by atoms with Gasteiger partial charge in [0, 0.05) is 37.8 Å². The van der Waals surface area contributed by atoms with Crippen molar-refractivity contribution in [2.75, 3.05) is 25.0 Å². The fourth-order valence-corrected chi connectivity index (χ4v) is 4.60. The van der Waals surface area contributed by atoms with Crippen LogP contribution in [0.1, 0.15) is 24.0 Å². The molecule has 5 rings (SSSR count). The van der Waals surface area contributed by atoms with Crippen molar-refractivity contribution in [1.82, 2.24) is 30.4 Å². The van der Waals surface area contributed by atoms with E-state index in [1.165, 1.54) is 12.4 Å². The zero-order chi connectivity index (χ0) is 22.5. The summed E-state index contributed by atoms with van der Waals surface area (Å²) in [6.07, 6.45) is 1.92. The molecule has 168 valence electrons. The minimum Gasteiger partial charge on any atom is -0.369 e. The summed E-state index contributed by atoms with van der Waals surface area (Å²) in [5.74, 6) is -0.134. The van der Waals surface area contributed by atoms with E-state index in [4.69, 9.17) is 0 Å². The number of aromatic amines is 1. The van der Waals surface area contributed by atoms with Crippen LogP contribution in [0.5, 0.6) is 0 Å². The number of benzene rings is 1. The standard InChI is InChI=1S/C21H21F4N7/c1-31-17(13-2-3-16(22)15(8-13)21(23,24)25)10-26-19(31)12-4-6-32(7-5-12)20-14-9-29-30-18(14)27-11-28-20/h2-3,8-12,19,26H,4-7H2,1H3,(H,27,28,29,30). The molecule has 1 atom stereocenters. The van der Waals surface area contributed by atoms with Gasteiger partial charge >= 0.3 is 6.18 Å². The van der Waals surface area contributed by atoms with Crippen LogP contribution in [0.4, 0.5) is 23.4 Å². The second kappa shape index (κ2) is 7.64. The Kier molecular flexibility index (Phi) is 4.90. The summed E-state index contributed by atoms with van der Waals surface area (Å²) in [6, 6.07) is 3.12. The van der Waals surface area contributed by atoms with Gasteiger partial charge in [0.05, 0.1) is 22.8 Å². The second-order valence-corrected chi connectivity index (χ2v) is 8.10. The normalized spacial score (nSPS) is 20.0. The number of piperidine rings is 1. The summed E-state index contributed by atoms with van der Waals surface area (Å²) in [7, 11) is 1.85. The molecule has 32 heavy (non-hydrogen) atoms. The van der Waals surface area contributed by atoms with Gasteiger partial charge in [-0.05, 0) is 31.0 Å². The van der Waals surface area contributed by atoms with E-state index < -0.39 is 17.6 Å². The van der Waals surface area contributed by atoms with Crippen LogP contribution in [-0.4, -0.2) is 51.4 Å². The lowest BCUT2D eigenvalue weighted by molar-refractivity contribution is -0.140. The van der Waals surface area contributed by atoms with Crippen molar-refractivity contribution in [2.24, 2.45) is 5.92 Å². The maximum absolute atomic E-state index is 13.7. The number of rotatable bonds is 3. The maximum Gasteiger partial charge on any atom is 0.419 e. The Hall–Kier alpha value is -3.37. The van der Waals surface area contributed by atoms with Gasteiger partial charge in [-0.15, -0.1) is 0 Å². The van der Waals surface area contributed by atoms with Gasteiger partial charge in [-0.1, -0.05) is 0 Å². The third-order valence-electron chi connectivity index (χ3n) is 6.27. The van der Waals surface area contributed by atoms with E-state index in [0.717, 1.165) is 49.3 Å². The molecule has 2 aliphatic heterocycles. The first-order valence-corrected chi connectivity index (χ1v) is 10.3. The molecule has 0 spiro atoms. The summed E-state index contributed by atoms with van der Waals surface area (Å²) in [5, 5.41) is 11.1. The van der Waals surface area contributed by atoms with Crippen molar-refractivity contribution in [3.8, 4) is 0 Å². The molecule has 1 fully saturated rings. The highest BCUT2D eigenvalue weighted by Crippen LogP contribution is 2.36. The number of nitrogens with zero attached hydrogens (tertiary/aromatic N) is 5. The molecule has 2 N–H and O–H groups in total. The highest BCUT2D eigenvalue weighted by molar-refractivity contribution is 5.86. The largest absolute Gasteiger partial charge is 0.419 e. The number of hydrogen-bond acceptors (Lipinski definition) is 6. The van der Waals surface area contributed by atoms with Crippen molar-refractivity contribution in [2.45, 2.75) is 25.2 Å². The lowest BCUT2D eigenvalue weighted by Gasteiger charge is -2.38. The van der Waals surface area contributed by atoms with Gasteiger partial charge in [0.2, 0.25) is 0 Å². The topological polar surface area (TPSA) is 73.0 Å². The lowest BCUT2D eigenvalue weighted by Crippen LogP contribution is -2.46. The predicted octanol–water partition coefficient (Wildman–Crippen LogP) is 3.59. The van der Waals surface area contributed by atoms with Crippen LogP contribution in [0.2, 0.25) is 0 Å². The van der Waals surface area contributed by atoms with E-state index in [1.807, 2.05) is 11.9 Å². The third-order valence-corrected chi connectivity index (χ3v) is 6.27. The van der Waals surface area contributed by atoms with Gasteiger partial charge in [-0.2, -0.15) is 18.3 Å². The number of nitrogens with one attached hydrogen (secondary N) is 2. The molecule has 4 heterocycles. The number of alkyl halides is 3. The summed E-state index contributed by atoms with van der Waals surface area (Å²) in [5.41, 5.74) is 0.382. The molecule has 0 amide bonds. The van der Waals surface area contributed by atoms with Crippen molar-refractivity contribution in [3.63, 3.8) is 0 Å². The molecule has 1 aromatic carbocycles. The van der Waals surface area contributed by atoms with Gasteiger partial charge in [0.15, 0.2) is 5.65 Å². The zero-order valence-electron chi connectivity index (χ0n) is 17.2. The summed E-state index contributed by atoms with van der Waals surface area (Å²) >= 11 is 0. The number of anilines is 1. The highest BCUT2D eigenvalue weighted by atomic mass is 19.4. The average Bonchev–Trinajstić information content (AvgIpc) is 3.40. The molecule has 0 aliphatic carbocycles. The van der Waals surface area contributed by atoms with Crippen LogP contribution in [0, 0.1) is 11.7 Å². The Morgan fingerprint density at radius 1 is 1.12 bits per heavy atom. The number of aromatic nitrogens is 4. The fraction of sp³-hybridized carbons (Fsp3) is 0.381. The van der Waals surface area contributed by atoms with E-state index in [9.17, 15) is 17.6 Å². The molecule has 2 aliphatic rings. The van der Waals surface area contributed by atoms with Crippen LogP contribution in [0.25, 0.3) is 16.7 Å². The number of hydrogen-bond donors (Lipinski definition) is 2. The van der Waals surface area contributed by atoms with E-state index in [2.05, 4.69) is 30.4 Å². The van der Waals surface area contributed by atoms with Gasteiger partial charge in [0.25, 0.3) is 0 Å². The number of H-pyrrole nitrogens is 1. The van der Waals surface area contributed by atoms with Crippen LogP contribution < -0.4 is 10.2 Å². The van der Waals surface area contributed by atoms with E-state index in [-0.39, 0.29) is 12.1 Å². The number of fused-ring (bicyclic) bond motifs is 1. The minimum absolute atomic E-state index is 0.0501. The van der Waals surface area contributed by atoms with Crippen LogP contribution in [0.15, 0.2) is 36.9 Å². The summed E-state index contributed by atoms with van der Waals surface area (Å²) in [6.45, 7) is 1.58. The van der Waals surface area contributed by atoms with Crippen LogP contribution in [-0.2, 0) is 6.18 Å². The molecule has 0 bridgehead atoms. The van der Waals surface area contributed by atoms with Gasteiger partial charge < -0.3 is 15.1 Å². The Labute approximate surface area is 181 Å². The zero-order valence-corrected chi connectivity index (χ0v) is 17.2. The van der Waals surface area contributed by atoms with E-state index >= 15 is 0 Å². The molecule has 7 nitrogen and oxygen atoms in total. The highest BCUT2D eigenvalue weighted by Gasteiger charge is 2.37. The molecule has 0 radical (unpaired) electrons. The smallest absolute Gasteiger partial charge is 0.369 e. The Morgan fingerprint density at radius 2 is 1.91 bits per heavy atom. The molecule has 1 saturated heterocycles. The first-order chi connectivity index (χ1) is 15.3. The van der Waals surface area contributed by atoms with E-state index in [1.54, 1.807) is 12.4 Å². The summed E-state index contributed by atoms with van der Waals surface area (Å²) < 4.78 is 53.1. The Balaban J connectivity index is 1.28. The predicted molar refractivity (Wildman–Crippen MR) is 111 cm³/mol. The molecule has 11 heteroatoms. The van der Waals surface area contributed by atoms with Crippen LogP contribution >= 0.6 is 0 Å². The maximum atomic E-state index is 13.7. The quantitative estimate of drug-likeness (QED) is 0.598. The van der Waals surface area contributed by atoms with Gasteiger partial charge in [-0.3, -0.25) is 5.10 Å². The van der Waals surface area contributed by atoms with Gasteiger partial charge in [0.1, 0.15) is 24.1 Å². The Bertz CT molecular complexity index is 1160. The third kappa shape index (κ3) is 3.51. The fourth-order valence-electron chi connectivity index (χ4n) is 4.60. The first kappa shape index (κ1) is 20.5. The molecule has 2 aromatic heterocycles. The van der Waals surface area contributed by atoms with Crippen molar-refractivity contribution < 1.29 is 17.6 Å². The summed E-state index contributed by atoms with van der Waals surface area (Å²) in [4.78, 5) is 12.7. The number of halogens is 4. The molecular weight excluding hydrogens is 426 g/mol. The van der Waals surface area contributed by atoms with Crippen molar-refractivity contribution in [1.29, 1.82) is 0 Å². The van der Waals surface area contributed by atoms with Crippen molar-refractivity contribution in [3.05, 3.63) is 53.9 Å².